The summed E-state index contributed by atoms with van der Waals surface area (Å²) < 4.78 is 24.2. The highest BCUT2D eigenvalue weighted by molar-refractivity contribution is 5.67. The summed E-state index contributed by atoms with van der Waals surface area (Å²) in [7, 11) is 1.79. The van der Waals surface area contributed by atoms with Gasteiger partial charge in [0.25, 0.3) is 0 Å². The average molecular weight is 398 g/mol. The minimum Gasteiger partial charge on any atom is -0.475 e. The number of aromatic nitrogens is 2. The van der Waals surface area contributed by atoms with Gasteiger partial charge in [-0.3, -0.25) is 4.57 Å². The van der Waals surface area contributed by atoms with Crippen molar-refractivity contribution in [1.82, 2.24) is 9.55 Å². The van der Waals surface area contributed by atoms with Crippen LogP contribution >= 0.6 is 0 Å². The zero-order valence-corrected chi connectivity index (χ0v) is 16.6. The van der Waals surface area contributed by atoms with Gasteiger partial charge >= 0.3 is 5.69 Å². The summed E-state index contributed by atoms with van der Waals surface area (Å²) in [6, 6.07) is 8.33. The van der Waals surface area contributed by atoms with Crippen LogP contribution in [-0.2, 0) is 27.2 Å². The molecule has 2 aliphatic heterocycles. The second kappa shape index (κ2) is 7.89. The number of fused-ring (bicyclic) bond motifs is 3. The molecule has 0 radical (unpaired) electrons. The van der Waals surface area contributed by atoms with Gasteiger partial charge in [-0.05, 0) is 36.3 Å². The molecule has 2 fully saturated rings. The van der Waals surface area contributed by atoms with Gasteiger partial charge in [0, 0.05) is 25.3 Å². The first kappa shape index (κ1) is 18.8. The van der Waals surface area contributed by atoms with E-state index in [-0.39, 0.29) is 17.9 Å². The van der Waals surface area contributed by atoms with E-state index < -0.39 is 0 Å². The molecule has 1 aromatic carbocycles. The lowest BCUT2D eigenvalue weighted by Gasteiger charge is -2.25. The third-order valence-corrected chi connectivity index (χ3v) is 5.93. The SMILES string of the molecule is COC(c1ccc2c(c1)CCn1c-2cc(OC[C@@H]2COCCO2)nc1=O)C1CC1. The van der Waals surface area contributed by atoms with Crippen LogP contribution in [0.4, 0.5) is 0 Å². The Balaban J connectivity index is 1.41. The Hall–Kier alpha value is -2.22. The highest BCUT2D eigenvalue weighted by Crippen LogP contribution is 2.44. The van der Waals surface area contributed by atoms with Crippen molar-refractivity contribution in [3.05, 3.63) is 45.9 Å². The van der Waals surface area contributed by atoms with E-state index in [0.29, 0.717) is 44.8 Å². The van der Waals surface area contributed by atoms with Gasteiger partial charge in [-0.1, -0.05) is 18.2 Å². The van der Waals surface area contributed by atoms with E-state index in [2.05, 4.69) is 23.2 Å². The number of benzene rings is 1. The molecule has 7 heteroatoms. The largest absolute Gasteiger partial charge is 0.475 e. The first-order valence-electron chi connectivity index (χ1n) is 10.3. The summed E-state index contributed by atoms with van der Waals surface area (Å²) in [6.07, 6.45) is 3.31. The van der Waals surface area contributed by atoms with Gasteiger partial charge in [0.2, 0.25) is 5.88 Å². The van der Waals surface area contributed by atoms with Gasteiger partial charge in [0.1, 0.15) is 12.7 Å². The smallest absolute Gasteiger partial charge is 0.351 e. The summed E-state index contributed by atoms with van der Waals surface area (Å²) in [6.45, 7) is 2.61. The molecule has 2 aromatic rings. The van der Waals surface area contributed by atoms with Gasteiger partial charge < -0.3 is 18.9 Å². The molecule has 1 aliphatic carbocycles. The quantitative estimate of drug-likeness (QED) is 0.744. The first-order chi connectivity index (χ1) is 14.2. The third kappa shape index (κ3) is 3.82. The maximum Gasteiger partial charge on any atom is 0.351 e. The van der Waals surface area contributed by atoms with E-state index in [9.17, 15) is 4.79 Å². The van der Waals surface area contributed by atoms with E-state index >= 15 is 0 Å². The molecule has 3 aliphatic rings. The summed E-state index contributed by atoms with van der Waals surface area (Å²) in [5.41, 5.74) is 4.11. The highest BCUT2D eigenvalue weighted by Gasteiger charge is 2.33. The van der Waals surface area contributed by atoms with Crippen LogP contribution in [0.3, 0.4) is 0 Å². The lowest BCUT2D eigenvalue weighted by molar-refractivity contribution is -0.102. The normalized spacial score (nSPS) is 21.9. The molecule has 2 atom stereocenters. The fourth-order valence-electron chi connectivity index (χ4n) is 4.29. The first-order valence-corrected chi connectivity index (χ1v) is 10.3. The van der Waals surface area contributed by atoms with Crippen molar-refractivity contribution >= 4 is 0 Å². The fraction of sp³-hybridized carbons (Fsp3) is 0.545. The summed E-state index contributed by atoms with van der Waals surface area (Å²) in [4.78, 5) is 16.7. The number of methoxy groups -OCH3 is 1. The van der Waals surface area contributed by atoms with Crippen LogP contribution in [-0.4, -0.2) is 49.2 Å². The molecule has 154 valence electrons. The lowest BCUT2D eigenvalue weighted by atomic mass is 9.93. The number of nitrogens with zero attached hydrogens (tertiary/aromatic N) is 2. The molecule has 0 bridgehead atoms. The predicted molar refractivity (Wildman–Crippen MR) is 106 cm³/mol. The molecule has 5 rings (SSSR count). The molecule has 1 unspecified atom stereocenters. The van der Waals surface area contributed by atoms with Gasteiger partial charge in [0.05, 0.1) is 31.6 Å². The van der Waals surface area contributed by atoms with E-state index in [1.165, 1.54) is 24.0 Å². The Morgan fingerprint density at radius 1 is 1.28 bits per heavy atom. The van der Waals surface area contributed by atoms with Crippen LogP contribution in [0, 0.1) is 5.92 Å². The van der Waals surface area contributed by atoms with Crippen LogP contribution in [0.15, 0.2) is 29.1 Å². The molecule has 0 N–H and O–H groups in total. The van der Waals surface area contributed by atoms with E-state index in [1.54, 1.807) is 11.7 Å². The minimum atomic E-state index is -0.277. The van der Waals surface area contributed by atoms with Crippen molar-refractivity contribution in [2.24, 2.45) is 5.92 Å². The van der Waals surface area contributed by atoms with E-state index in [0.717, 1.165) is 17.7 Å². The molecule has 1 aromatic heterocycles. The summed E-state index contributed by atoms with van der Waals surface area (Å²) in [5, 5.41) is 0. The van der Waals surface area contributed by atoms with Gasteiger partial charge in [-0.25, -0.2) is 4.79 Å². The van der Waals surface area contributed by atoms with E-state index in [4.69, 9.17) is 18.9 Å². The standard InChI is InChI=1S/C22H26N2O5/c1-26-21(14-2-3-14)16-4-5-18-15(10-16)6-7-24-19(18)11-20(23-22(24)25)29-13-17-12-27-8-9-28-17/h4-5,10-11,14,17,21H,2-3,6-9,12-13H2,1H3/t17-,21?/m0/s1. The number of hydrogen-bond donors (Lipinski definition) is 0. The zero-order valence-electron chi connectivity index (χ0n) is 16.6. The second-order valence-corrected chi connectivity index (χ2v) is 7.95. The Bertz CT molecular complexity index is 947. The van der Waals surface area contributed by atoms with Crippen molar-refractivity contribution in [2.45, 2.75) is 38.0 Å². The van der Waals surface area contributed by atoms with Crippen molar-refractivity contribution in [3.8, 4) is 17.1 Å². The Kier molecular flexibility index (Phi) is 5.11. The van der Waals surface area contributed by atoms with Crippen molar-refractivity contribution < 1.29 is 18.9 Å². The Morgan fingerprint density at radius 3 is 2.93 bits per heavy atom. The average Bonchev–Trinajstić information content (AvgIpc) is 3.58. The fourth-order valence-corrected chi connectivity index (χ4v) is 4.29. The predicted octanol–water partition coefficient (Wildman–Crippen LogP) is 2.36. The Morgan fingerprint density at radius 2 is 2.17 bits per heavy atom. The van der Waals surface area contributed by atoms with Crippen LogP contribution < -0.4 is 10.4 Å². The second-order valence-electron chi connectivity index (χ2n) is 7.95. The van der Waals surface area contributed by atoms with Crippen LogP contribution in [0.25, 0.3) is 11.3 Å². The number of rotatable bonds is 6. The number of hydrogen-bond acceptors (Lipinski definition) is 6. The summed E-state index contributed by atoms with van der Waals surface area (Å²) >= 11 is 0. The molecular weight excluding hydrogens is 372 g/mol. The van der Waals surface area contributed by atoms with Crippen LogP contribution in [0.1, 0.15) is 30.1 Å². The lowest BCUT2D eigenvalue weighted by Crippen LogP contribution is -2.34. The molecule has 1 saturated carbocycles. The van der Waals surface area contributed by atoms with E-state index in [1.807, 2.05) is 6.07 Å². The molecule has 3 heterocycles. The molecule has 0 spiro atoms. The Labute approximate surface area is 169 Å². The minimum absolute atomic E-state index is 0.132. The van der Waals surface area contributed by atoms with Crippen LogP contribution in [0.2, 0.25) is 0 Å². The topological polar surface area (TPSA) is 71.8 Å². The van der Waals surface area contributed by atoms with Crippen LogP contribution in [0.5, 0.6) is 5.88 Å². The summed E-state index contributed by atoms with van der Waals surface area (Å²) in [5.74, 6) is 0.965. The van der Waals surface area contributed by atoms with Crippen molar-refractivity contribution in [3.63, 3.8) is 0 Å². The molecule has 0 amide bonds. The van der Waals surface area contributed by atoms with Gasteiger partial charge in [-0.15, -0.1) is 0 Å². The van der Waals surface area contributed by atoms with Gasteiger partial charge in [0.15, 0.2) is 0 Å². The highest BCUT2D eigenvalue weighted by atomic mass is 16.6. The van der Waals surface area contributed by atoms with Crippen molar-refractivity contribution in [2.75, 3.05) is 33.5 Å². The van der Waals surface area contributed by atoms with Crippen molar-refractivity contribution in [1.29, 1.82) is 0 Å². The van der Waals surface area contributed by atoms with Gasteiger partial charge in [-0.2, -0.15) is 4.98 Å². The number of ether oxygens (including phenoxy) is 4. The maximum atomic E-state index is 12.6. The molecular formula is C22H26N2O5. The monoisotopic (exact) mass is 398 g/mol. The molecule has 1 saturated heterocycles. The third-order valence-electron chi connectivity index (χ3n) is 5.93. The maximum absolute atomic E-state index is 12.6. The zero-order chi connectivity index (χ0) is 19.8. The molecule has 29 heavy (non-hydrogen) atoms. The number of aryl methyl sites for hydroxylation is 1. The molecule has 7 nitrogen and oxygen atoms in total.